The lowest BCUT2D eigenvalue weighted by Crippen LogP contribution is -2.50. The van der Waals surface area contributed by atoms with E-state index in [4.69, 9.17) is 4.74 Å². The van der Waals surface area contributed by atoms with E-state index in [1.807, 2.05) is 11.8 Å². The van der Waals surface area contributed by atoms with Crippen LogP contribution in [0.3, 0.4) is 0 Å². The minimum absolute atomic E-state index is 0.0274. The fourth-order valence-corrected chi connectivity index (χ4v) is 3.52. The van der Waals surface area contributed by atoms with Crippen molar-refractivity contribution in [3.63, 3.8) is 0 Å². The summed E-state index contributed by atoms with van der Waals surface area (Å²) in [6.07, 6.45) is 4.30. The van der Waals surface area contributed by atoms with Crippen LogP contribution in [0, 0.1) is 0 Å². The highest BCUT2D eigenvalue weighted by Gasteiger charge is 2.39. The first-order valence-electron chi connectivity index (χ1n) is 8.50. The number of ether oxygens (including phenoxy) is 1. The molecule has 0 aromatic carbocycles. The molecule has 23 heavy (non-hydrogen) atoms. The van der Waals surface area contributed by atoms with Gasteiger partial charge in [0, 0.05) is 44.9 Å². The second kappa shape index (κ2) is 7.93. The smallest absolute Gasteiger partial charge is 0.246 e. The van der Waals surface area contributed by atoms with Crippen LogP contribution in [0.5, 0.6) is 0 Å². The van der Waals surface area contributed by atoms with Gasteiger partial charge in [0.2, 0.25) is 11.8 Å². The molecule has 0 unspecified atom stereocenters. The minimum atomic E-state index is -0.186. The third-order valence-corrected chi connectivity index (χ3v) is 5.33. The molecule has 2 fully saturated rings. The summed E-state index contributed by atoms with van der Waals surface area (Å²) in [6, 6.07) is 0. The molecule has 2 amide bonds. The van der Waals surface area contributed by atoms with Crippen LogP contribution >= 0.6 is 0 Å². The quantitative estimate of drug-likeness (QED) is 0.716. The number of likely N-dealkylation sites (N-methyl/N-ethyl adjacent to an activating group) is 2. The van der Waals surface area contributed by atoms with Crippen LogP contribution < -0.4 is 0 Å². The Kier molecular flexibility index (Phi) is 6.18. The van der Waals surface area contributed by atoms with Gasteiger partial charge in [0.15, 0.2) is 0 Å². The van der Waals surface area contributed by atoms with E-state index in [0.29, 0.717) is 6.54 Å². The Bertz CT molecular complexity index is 446. The molecule has 0 N–H and O–H groups in total. The third kappa shape index (κ3) is 4.12. The predicted octanol–water partition coefficient (Wildman–Crippen LogP) is 0.734. The average molecular weight is 323 g/mol. The molecule has 6 heteroatoms. The molecule has 130 valence electrons. The van der Waals surface area contributed by atoms with Gasteiger partial charge in [0.1, 0.15) is 0 Å². The number of hydrogen-bond donors (Lipinski definition) is 0. The number of carbonyl (C=O) groups excluding carboxylic acids is 2. The van der Waals surface area contributed by atoms with Gasteiger partial charge in [-0.3, -0.25) is 14.5 Å². The van der Waals surface area contributed by atoms with Crippen LogP contribution in [0.2, 0.25) is 0 Å². The number of carbonyl (C=O) groups is 2. The largest absolute Gasteiger partial charge is 0.381 e. The van der Waals surface area contributed by atoms with Crippen molar-refractivity contribution in [2.45, 2.75) is 31.7 Å². The van der Waals surface area contributed by atoms with Gasteiger partial charge in [-0.25, -0.2) is 0 Å². The SMILES string of the molecule is C=CC(=O)N(CC)CC(=O)N1CCN(C)C2(CCOCC2)CC1. The predicted molar refractivity (Wildman–Crippen MR) is 89.1 cm³/mol. The van der Waals surface area contributed by atoms with Crippen molar-refractivity contribution in [3.8, 4) is 0 Å². The van der Waals surface area contributed by atoms with Crippen LogP contribution in [-0.4, -0.2) is 85.0 Å². The summed E-state index contributed by atoms with van der Waals surface area (Å²) in [6.45, 7) is 9.98. The van der Waals surface area contributed by atoms with Crippen LogP contribution in [0.15, 0.2) is 12.7 Å². The molecular formula is C17H29N3O3. The topological polar surface area (TPSA) is 53.1 Å². The number of hydrogen-bond acceptors (Lipinski definition) is 4. The molecule has 0 bridgehead atoms. The Morgan fingerprint density at radius 2 is 1.91 bits per heavy atom. The van der Waals surface area contributed by atoms with Crippen LogP contribution in [0.4, 0.5) is 0 Å². The molecule has 0 aromatic rings. The molecule has 2 saturated heterocycles. The second-order valence-corrected chi connectivity index (χ2v) is 6.45. The zero-order chi connectivity index (χ0) is 16.9. The van der Waals surface area contributed by atoms with Gasteiger partial charge < -0.3 is 14.5 Å². The maximum atomic E-state index is 12.6. The normalized spacial score (nSPS) is 21.7. The first-order valence-corrected chi connectivity index (χ1v) is 8.50. The zero-order valence-corrected chi connectivity index (χ0v) is 14.4. The van der Waals surface area contributed by atoms with Crippen molar-refractivity contribution in [2.75, 3.05) is 53.0 Å². The van der Waals surface area contributed by atoms with E-state index < -0.39 is 0 Å². The third-order valence-electron chi connectivity index (χ3n) is 5.33. The zero-order valence-electron chi connectivity index (χ0n) is 14.4. The highest BCUT2D eigenvalue weighted by molar-refractivity contribution is 5.90. The summed E-state index contributed by atoms with van der Waals surface area (Å²) in [4.78, 5) is 30.1. The highest BCUT2D eigenvalue weighted by Crippen LogP contribution is 2.32. The van der Waals surface area contributed by atoms with Crippen molar-refractivity contribution in [1.29, 1.82) is 0 Å². The summed E-state index contributed by atoms with van der Waals surface area (Å²) in [5, 5.41) is 0. The van der Waals surface area contributed by atoms with E-state index in [9.17, 15) is 9.59 Å². The fraction of sp³-hybridized carbons (Fsp3) is 0.765. The summed E-state index contributed by atoms with van der Waals surface area (Å²) in [5.41, 5.74) is 0.161. The van der Waals surface area contributed by atoms with Crippen molar-refractivity contribution < 1.29 is 14.3 Å². The Labute approximate surface area is 139 Å². The second-order valence-electron chi connectivity index (χ2n) is 6.45. The number of nitrogens with zero attached hydrogens (tertiary/aromatic N) is 3. The standard InChI is InChI=1S/C17H29N3O3/c1-4-15(21)19(5-2)14-16(22)20-9-6-17(18(3)10-11-20)7-12-23-13-8-17/h4H,1,5-14H2,2-3H3. The molecule has 0 aromatic heterocycles. The van der Waals surface area contributed by atoms with E-state index in [-0.39, 0.29) is 23.9 Å². The van der Waals surface area contributed by atoms with E-state index in [1.165, 1.54) is 11.0 Å². The number of rotatable bonds is 4. The number of amides is 2. The van der Waals surface area contributed by atoms with E-state index in [1.54, 1.807) is 0 Å². The molecule has 0 saturated carbocycles. The van der Waals surface area contributed by atoms with E-state index in [2.05, 4.69) is 18.5 Å². The van der Waals surface area contributed by atoms with Gasteiger partial charge in [-0.2, -0.15) is 0 Å². The maximum Gasteiger partial charge on any atom is 0.246 e. The fourth-order valence-electron chi connectivity index (χ4n) is 3.52. The minimum Gasteiger partial charge on any atom is -0.381 e. The molecule has 0 radical (unpaired) electrons. The highest BCUT2D eigenvalue weighted by atomic mass is 16.5. The van der Waals surface area contributed by atoms with E-state index in [0.717, 1.165) is 52.1 Å². The summed E-state index contributed by atoms with van der Waals surface area (Å²) in [5.74, 6) is -0.159. The summed E-state index contributed by atoms with van der Waals surface area (Å²) < 4.78 is 5.51. The molecule has 2 heterocycles. The van der Waals surface area contributed by atoms with Crippen LogP contribution in [0.25, 0.3) is 0 Å². The summed E-state index contributed by atoms with van der Waals surface area (Å²) >= 11 is 0. The molecule has 0 atom stereocenters. The van der Waals surface area contributed by atoms with Crippen molar-refractivity contribution in [3.05, 3.63) is 12.7 Å². The summed E-state index contributed by atoms with van der Waals surface area (Å²) in [7, 11) is 2.15. The lowest BCUT2D eigenvalue weighted by molar-refractivity contribution is -0.138. The van der Waals surface area contributed by atoms with Gasteiger partial charge in [0.05, 0.1) is 6.54 Å². The Morgan fingerprint density at radius 3 is 2.52 bits per heavy atom. The van der Waals surface area contributed by atoms with Gasteiger partial charge >= 0.3 is 0 Å². The van der Waals surface area contributed by atoms with Gasteiger partial charge in [0.25, 0.3) is 0 Å². The molecule has 2 aliphatic heterocycles. The lowest BCUT2D eigenvalue weighted by atomic mass is 9.85. The van der Waals surface area contributed by atoms with Gasteiger partial charge in [-0.1, -0.05) is 6.58 Å². The molecule has 2 aliphatic rings. The Balaban J connectivity index is 1.97. The molecule has 1 spiro atoms. The molecule has 6 nitrogen and oxygen atoms in total. The molecule has 2 rings (SSSR count). The average Bonchev–Trinajstić information content (AvgIpc) is 2.73. The van der Waals surface area contributed by atoms with Crippen LogP contribution in [0.1, 0.15) is 26.2 Å². The van der Waals surface area contributed by atoms with Crippen LogP contribution in [-0.2, 0) is 14.3 Å². The molecule has 0 aliphatic carbocycles. The monoisotopic (exact) mass is 323 g/mol. The lowest BCUT2D eigenvalue weighted by Gasteiger charge is -2.43. The van der Waals surface area contributed by atoms with Gasteiger partial charge in [-0.15, -0.1) is 0 Å². The molecular weight excluding hydrogens is 294 g/mol. The Hall–Kier alpha value is -1.40. The van der Waals surface area contributed by atoms with E-state index >= 15 is 0 Å². The van der Waals surface area contributed by atoms with Crippen molar-refractivity contribution >= 4 is 11.8 Å². The first-order chi connectivity index (χ1) is 11.0. The Morgan fingerprint density at radius 1 is 1.22 bits per heavy atom. The van der Waals surface area contributed by atoms with Gasteiger partial charge in [-0.05, 0) is 39.3 Å². The first kappa shape index (κ1) is 17.9. The van der Waals surface area contributed by atoms with Crippen molar-refractivity contribution in [1.82, 2.24) is 14.7 Å². The maximum absolute atomic E-state index is 12.6. The van der Waals surface area contributed by atoms with Crippen molar-refractivity contribution in [2.24, 2.45) is 0 Å².